The largest absolute Gasteiger partial charge is 0.455 e. The zero-order valence-corrected chi connectivity index (χ0v) is 38.1. The lowest BCUT2D eigenvalue weighted by Gasteiger charge is -2.68. The van der Waals surface area contributed by atoms with E-state index in [4.69, 9.17) is 33.2 Å². The monoisotopic (exact) mass is 891 g/mol. The number of carbonyl (C=O) groups excluding carboxylic acids is 6. The molecule has 348 valence electrons. The predicted molar refractivity (Wildman–Crippen MR) is 227 cm³/mol. The topological polar surface area (TPSA) is 220 Å². The number of ether oxygens (including phenoxy) is 7. The Morgan fingerprint density at radius 2 is 1.59 bits per heavy atom. The molecular formula is C48H61NO15. The van der Waals surface area contributed by atoms with Gasteiger partial charge in [-0.25, -0.2) is 14.4 Å². The van der Waals surface area contributed by atoms with Crippen molar-refractivity contribution in [2.75, 3.05) is 20.3 Å². The van der Waals surface area contributed by atoms with Gasteiger partial charge < -0.3 is 48.7 Å². The number of nitrogens with one attached hydrogen (secondary N) is 1. The van der Waals surface area contributed by atoms with Gasteiger partial charge in [0.25, 0.3) is 0 Å². The number of carbonyl (C=O) groups is 6. The van der Waals surface area contributed by atoms with E-state index >= 15 is 4.79 Å². The Labute approximate surface area is 373 Å². The molecule has 2 bridgehead atoms. The van der Waals surface area contributed by atoms with Crippen molar-refractivity contribution in [3.63, 3.8) is 0 Å². The van der Waals surface area contributed by atoms with Crippen LogP contribution in [0.5, 0.6) is 0 Å². The number of benzene rings is 2. The van der Waals surface area contributed by atoms with Crippen LogP contribution in [0.3, 0.4) is 0 Å². The zero-order chi connectivity index (χ0) is 47.2. The second kappa shape index (κ2) is 18.0. The molecule has 16 heteroatoms. The molecule has 1 aliphatic heterocycles. The summed E-state index contributed by atoms with van der Waals surface area (Å²) in [5.74, 6) is -6.79. The van der Waals surface area contributed by atoms with Gasteiger partial charge in [-0.3, -0.25) is 14.4 Å². The summed E-state index contributed by atoms with van der Waals surface area (Å²) in [6, 6.07) is 15.0. The van der Waals surface area contributed by atoms with Gasteiger partial charge in [0.05, 0.1) is 42.1 Å². The van der Waals surface area contributed by atoms with Gasteiger partial charge >= 0.3 is 30.0 Å². The number of esters is 4. The predicted octanol–water partition coefficient (Wildman–Crippen LogP) is 5.12. The van der Waals surface area contributed by atoms with E-state index in [1.807, 2.05) is 0 Å². The quantitative estimate of drug-likeness (QED) is 0.143. The summed E-state index contributed by atoms with van der Waals surface area (Å²) in [6.07, 6.45) is -8.23. The van der Waals surface area contributed by atoms with Crippen LogP contribution in [0, 0.1) is 22.7 Å². The van der Waals surface area contributed by atoms with E-state index in [0.717, 1.165) is 0 Å². The van der Waals surface area contributed by atoms with Gasteiger partial charge in [-0.15, -0.1) is 0 Å². The van der Waals surface area contributed by atoms with Gasteiger partial charge in [0, 0.05) is 38.7 Å². The number of alkyl carbamates (subject to hydrolysis) is 1. The highest BCUT2D eigenvalue weighted by Gasteiger charge is 2.78. The minimum absolute atomic E-state index is 0.0812. The fourth-order valence-corrected chi connectivity index (χ4v) is 10.6. The van der Waals surface area contributed by atoms with Crippen LogP contribution in [0.2, 0.25) is 0 Å². The summed E-state index contributed by atoms with van der Waals surface area (Å²) >= 11 is 0. The number of aliphatic hydroxyl groups is 2. The minimum Gasteiger partial charge on any atom is -0.455 e. The molecule has 3 N–H and O–H groups in total. The molecule has 1 saturated heterocycles. The van der Waals surface area contributed by atoms with Crippen molar-refractivity contribution in [3.8, 4) is 0 Å². The van der Waals surface area contributed by atoms with Crippen molar-refractivity contribution < 1.29 is 72.1 Å². The number of methoxy groups -OCH3 is 1. The first-order valence-corrected chi connectivity index (χ1v) is 21.6. The van der Waals surface area contributed by atoms with E-state index in [1.165, 1.54) is 33.1 Å². The molecule has 3 fully saturated rings. The summed E-state index contributed by atoms with van der Waals surface area (Å²) in [7, 11) is 1.41. The van der Waals surface area contributed by atoms with Crippen LogP contribution in [0.25, 0.3) is 0 Å². The number of aliphatic hydroxyl groups excluding tert-OH is 1. The second-order valence-electron chi connectivity index (χ2n) is 18.9. The third-order valence-electron chi connectivity index (χ3n) is 13.7. The molecule has 0 spiro atoms. The Balaban J connectivity index is 1.56. The first-order chi connectivity index (χ1) is 30.0. The van der Waals surface area contributed by atoms with Gasteiger partial charge in [-0.1, -0.05) is 69.3 Å². The van der Waals surface area contributed by atoms with Crippen LogP contribution in [0.1, 0.15) is 104 Å². The van der Waals surface area contributed by atoms with Crippen molar-refractivity contribution in [3.05, 3.63) is 82.9 Å². The van der Waals surface area contributed by atoms with Gasteiger partial charge in [0.1, 0.15) is 35.6 Å². The molecule has 6 rings (SSSR count). The minimum atomic E-state index is -2.29. The lowest BCUT2D eigenvalue weighted by molar-refractivity contribution is -0.347. The number of hydrogen-bond acceptors (Lipinski definition) is 15. The molecule has 1 amide bonds. The van der Waals surface area contributed by atoms with Gasteiger partial charge in [-0.2, -0.15) is 0 Å². The molecule has 1 heterocycles. The molecule has 3 aliphatic carbocycles. The van der Waals surface area contributed by atoms with Gasteiger partial charge in [-0.05, 0) is 63.5 Å². The summed E-state index contributed by atoms with van der Waals surface area (Å²) in [5.41, 5.74) is -7.14. The van der Waals surface area contributed by atoms with Crippen molar-refractivity contribution in [2.45, 2.75) is 135 Å². The third kappa shape index (κ3) is 8.45. The van der Waals surface area contributed by atoms with E-state index in [9.17, 15) is 34.2 Å². The van der Waals surface area contributed by atoms with Crippen molar-refractivity contribution in [1.29, 1.82) is 0 Å². The molecule has 2 aromatic rings. The Morgan fingerprint density at radius 1 is 0.969 bits per heavy atom. The van der Waals surface area contributed by atoms with Gasteiger partial charge in [0.2, 0.25) is 6.10 Å². The maximum Gasteiger partial charge on any atom is 0.408 e. The molecule has 64 heavy (non-hydrogen) atoms. The Hall–Kier alpha value is -5.16. The SMILES string of the molecule is CCC(=O)O[C@@H](C(=O)O[C@H]1C[C@@]2(O)[C@@H](OC(=O)c3ccccc3)[C@@H]3[C@]4(OC(C)=O)CO[C@@H]4C[C@H](OC)[C@@]3(C)C(=O)[C@@H](CO)C(=C1C)C2(C)C)[C@@H](NC(=O)OC(C)(C)C)c1ccccc1. The number of ketones is 1. The molecule has 16 nitrogen and oxygen atoms in total. The van der Waals surface area contributed by atoms with E-state index in [1.54, 1.807) is 97.0 Å². The maximum atomic E-state index is 15.6. The summed E-state index contributed by atoms with van der Waals surface area (Å²) in [4.78, 5) is 84.4. The molecular weight excluding hydrogens is 831 g/mol. The average molecular weight is 892 g/mol. The number of fused-ring (bicyclic) bond motifs is 5. The lowest BCUT2D eigenvalue weighted by atomic mass is 9.43. The molecule has 0 radical (unpaired) electrons. The number of rotatable bonds is 12. The van der Waals surface area contributed by atoms with E-state index in [-0.39, 0.29) is 30.6 Å². The first-order valence-electron chi connectivity index (χ1n) is 21.6. The number of Topliss-reactive ketones (excluding diaryl/α,β-unsaturated/α-hetero) is 1. The Bertz CT molecular complexity index is 2150. The molecule has 0 aromatic heterocycles. The van der Waals surface area contributed by atoms with Gasteiger partial charge in [0.15, 0.2) is 11.4 Å². The van der Waals surface area contributed by atoms with Crippen LogP contribution in [0.15, 0.2) is 71.8 Å². The van der Waals surface area contributed by atoms with Crippen LogP contribution >= 0.6 is 0 Å². The number of hydrogen-bond donors (Lipinski definition) is 3. The maximum absolute atomic E-state index is 15.6. The van der Waals surface area contributed by atoms with Crippen LogP contribution in [0.4, 0.5) is 4.79 Å². The smallest absolute Gasteiger partial charge is 0.408 e. The zero-order valence-electron chi connectivity index (χ0n) is 38.1. The summed E-state index contributed by atoms with van der Waals surface area (Å²) in [6.45, 7) is 13.3. The Kier molecular flexibility index (Phi) is 13.6. The second-order valence-corrected chi connectivity index (χ2v) is 18.9. The normalized spacial score (nSPS) is 31.5. The van der Waals surface area contributed by atoms with Crippen LogP contribution < -0.4 is 5.32 Å². The van der Waals surface area contributed by atoms with Crippen LogP contribution in [-0.2, 0) is 52.3 Å². The summed E-state index contributed by atoms with van der Waals surface area (Å²) in [5, 5.41) is 27.9. The first kappa shape index (κ1) is 48.3. The molecule has 11 atom stereocenters. The molecule has 2 aromatic carbocycles. The van der Waals surface area contributed by atoms with E-state index < -0.39 is 125 Å². The lowest BCUT2D eigenvalue weighted by Crippen LogP contribution is -2.81. The van der Waals surface area contributed by atoms with Crippen molar-refractivity contribution in [1.82, 2.24) is 5.32 Å². The Morgan fingerprint density at radius 3 is 2.12 bits per heavy atom. The average Bonchev–Trinajstić information content (AvgIpc) is 3.23. The highest BCUT2D eigenvalue weighted by molar-refractivity contribution is 5.93. The van der Waals surface area contributed by atoms with E-state index in [2.05, 4.69) is 5.32 Å². The third-order valence-corrected chi connectivity index (χ3v) is 13.7. The number of amides is 1. The van der Waals surface area contributed by atoms with Crippen molar-refractivity contribution >= 4 is 35.8 Å². The molecule has 4 aliphatic rings. The standard InChI is InChI=1S/C48H61NO15/c1-11-34(52)61-37(36(28-18-14-12-15-19-28)49-43(56)64-44(4,5)6)42(55)60-31-23-48(57)40(62-41(54)29-20-16-13-17-21-29)38-46(9,39(53)30(24-50)35(26(31)2)45(48,7)8)32(58-10)22-33-47(38,25-59-33)63-27(3)51/h12-21,30-33,36-38,40,50,57H,11,22-25H2,1-10H3,(H,49,56)/t30-,31-,32-,33+,36-,37+,38-,40-,46+,47-,48+/m0/s1. The molecule has 0 unspecified atom stereocenters. The fourth-order valence-electron chi connectivity index (χ4n) is 10.6. The highest BCUT2D eigenvalue weighted by Crippen LogP contribution is 2.65. The fraction of sp³-hybridized carbons (Fsp3) is 0.583. The van der Waals surface area contributed by atoms with Crippen LogP contribution in [-0.4, -0.2) is 114 Å². The molecule has 2 saturated carbocycles. The summed E-state index contributed by atoms with van der Waals surface area (Å²) < 4.78 is 42.4. The van der Waals surface area contributed by atoms with E-state index in [0.29, 0.717) is 11.1 Å². The highest BCUT2D eigenvalue weighted by atomic mass is 16.6. The van der Waals surface area contributed by atoms with Crippen molar-refractivity contribution in [2.24, 2.45) is 22.7 Å².